The van der Waals surface area contributed by atoms with Crippen LogP contribution in [0.3, 0.4) is 0 Å². The Bertz CT molecular complexity index is 537. The molecule has 1 heterocycles. The minimum absolute atomic E-state index is 0.360. The molecule has 1 rings (SSSR count). The van der Waals surface area contributed by atoms with Crippen LogP contribution in [0.2, 0.25) is 0 Å². The summed E-state index contributed by atoms with van der Waals surface area (Å²) in [6, 6.07) is 1.79. The van der Waals surface area contributed by atoms with E-state index in [2.05, 4.69) is 19.2 Å². The lowest BCUT2D eigenvalue weighted by Gasteiger charge is -2.19. The zero-order valence-electron chi connectivity index (χ0n) is 13.9. The molecule has 1 aromatic rings. The highest BCUT2D eigenvalue weighted by Gasteiger charge is 2.24. The van der Waals surface area contributed by atoms with Crippen LogP contribution in [0.15, 0.2) is 17.2 Å². The Morgan fingerprint density at radius 1 is 1.33 bits per heavy atom. The van der Waals surface area contributed by atoms with Gasteiger partial charge in [0.1, 0.15) is 4.90 Å². The monoisotopic (exact) mass is 315 g/mol. The molecule has 6 heteroatoms. The van der Waals surface area contributed by atoms with Crippen molar-refractivity contribution >= 4 is 10.0 Å². The molecule has 0 aliphatic heterocycles. The SMILES string of the molecule is CCNCc1cc(S(=O)(=O)N(C)CC(C)CC)cn1CC. The summed E-state index contributed by atoms with van der Waals surface area (Å²) in [5, 5.41) is 3.25. The lowest BCUT2D eigenvalue weighted by atomic mass is 10.1. The van der Waals surface area contributed by atoms with Crippen LogP contribution in [0.25, 0.3) is 0 Å². The van der Waals surface area contributed by atoms with E-state index in [9.17, 15) is 8.42 Å². The van der Waals surface area contributed by atoms with E-state index in [0.29, 0.717) is 23.9 Å². The highest BCUT2D eigenvalue weighted by molar-refractivity contribution is 7.89. The first-order chi connectivity index (χ1) is 9.86. The maximum Gasteiger partial charge on any atom is 0.244 e. The van der Waals surface area contributed by atoms with Crippen molar-refractivity contribution in [3.63, 3.8) is 0 Å². The second-order valence-corrected chi connectivity index (χ2v) is 7.58. The largest absolute Gasteiger partial charge is 0.349 e. The normalized spacial score (nSPS) is 13.8. The van der Waals surface area contributed by atoms with Gasteiger partial charge in [-0.2, -0.15) is 0 Å². The second-order valence-electron chi connectivity index (χ2n) is 5.53. The molecule has 0 spiro atoms. The van der Waals surface area contributed by atoms with E-state index in [0.717, 1.165) is 25.2 Å². The Morgan fingerprint density at radius 2 is 2.00 bits per heavy atom. The number of nitrogens with one attached hydrogen (secondary N) is 1. The third kappa shape index (κ3) is 4.56. The molecule has 0 radical (unpaired) electrons. The van der Waals surface area contributed by atoms with E-state index >= 15 is 0 Å². The summed E-state index contributed by atoms with van der Waals surface area (Å²) in [6.45, 7) is 11.1. The fourth-order valence-corrected chi connectivity index (χ4v) is 3.56. The Hall–Kier alpha value is -0.850. The maximum atomic E-state index is 12.6. The Kier molecular flexibility index (Phi) is 6.90. The van der Waals surface area contributed by atoms with E-state index in [1.54, 1.807) is 19.3 Å². The summed E-state index contributed by atoms with van der Waals surface area (Å²) < 4.78 is 28.7. The van der Waals surface area contributed by atoms with Crippen molar-refractivity contribution in [1.82, 2.24) is 14.2 Å². The molecule has 1 atom stereocenters. The number of aromatic nitrogens is 1. The summed E-state index contributed by atoms with van der Waals surface area (Å²) in [7, 11) is -1.73. The number of hydrogen-bond acceptors (Lipinski definition) is 3. The van der Waals surface area contributed by atoms with Crippen LogP contribution in [-0.2, 0) is 23.1 Å². The Morgan fingerprint density at radius 3 is 2.52 bits per heavy atom. The van der Waals surface area contributed by atoms with Crippen LogP contribution in [-0.4, -0.2) is 37.4 Å². The minimum atomic E-state index is -3.40. The first-order valence-corrected chi connectivity index (χ1v) is 9.16. The van der Waals surface area contributed by atoms with Crippen molar-refractivity contribution in [2.75, 3.05) is 20.1 Å². The lowest BCUT2D eigenvalue weighted by Crippen LogP contribution is -2.30. The molecule has 1 N–H and O–H groups in total. The molecule has 0 aliphatic rings. The third-order valence-electron chi connectivity index (χ3n) is 3.83. The molecule has 122 valence electrons. The molecule has 5 nitrogen and oxygen atoms in total. The third-order valence-corrected chi connectivity index (χ3v) is 5.62. The molecular weight excluding hydrogens is 286 g/mol. The molecular formula is C15H29N3O2S. The molecule has 0 aliphatic carbocycles. The number of sulfonamides is 1. The van der Waals surface area contributed by atoms with E-state index in [-0.39, 0.29) is 0 Å². The fraction of sp³-hybridized carbons (Fsp3) is 0.733. The molecule has 21 heavy (non-hydrogen) atoms. The van der Waals surface area contributed by atoms with Gasteiger partial charge in [0.15, 0.2) is 0 Å². The summed E-state index contributed by atoms with van der Waals surface area (Å²) in [5.41, 5.74) is 1.01. The van der Waals surface area contributed by atoms with E-state index in [4.69, 9.17) is 0 Å². The summed E-state index contributed by atoms with van der Waals surface area (Å²) >= 11 is 0. The van der Waals surface area contributed by atoms with Gasteiger partial charge in [0.25, 0.3) is 0 Å². The summed E-state index contributed by atoms with van der Waals surface area (Å²) in [5.74, 6) is 0.360. The van der Waals surface area contributed by atoms with E-state index in [1.807, 2.05) is 18.4 Å². The minimum Gasteiger partial charge on any atom is -0.349 e. The van der Waals surface area contributed by atoms with Gasteiger partial charge in [0.05, 0.1) is 0 Å². The molecule has 1 aromatic heterocycles. The van der Waals surface area contributed by atoms with Gasteiger partial charge in [-0.05, 0) is 25.5 Å². The number of nitrogens with zero attached hydrogens (tertiary/aromatic N) is 2. The van der Waals surface area contributed by atoms with Crippen molar-refractivity contribution in [3.05, 3.63) is 18.0 Å². The van der Waals surface area contributed by atoms with E-state index in [1.165, 1.54) is 4.31 Å². The highest BCUT2D eigenvalue weighted by Crippen LogP contribution is 2.19. The van der Waals surface area contributed by atoms with Crippen LogP contribution in [0.1, 0.15) is 39.8 Å². The first kappa shape index (κ1) is 18.2. The van der Waals surface area contributed by atoms with Gasteiger partial charge in [-0.15, -0.1) is 0 Å². The standard InChI is InChI=1S/C15H29N3O2S/c1-6-13(4)11-17(5)21(19,20)15-9-14(10-16-7-2)18(8-3)12-15/h9,12-13,16H,6-8,10-11H2,1-5H3. The van der Waals surface area contributed by atoms with Crippen LogP contribution in [0, 0.1) is 5.92 Å². The molecule has 0 amide bonds. The van der Waals surface area contributed by atoms with Crippen molar-refractivity contribution in [2.24, 2.45) is 5.92 Å². The van der Waals surface area contributed by atoms with Gasteiger partial charge in [-0.25, -0.2) is 12.7 Å². The number of rotatable bonds is 9. The van der Waals surface area contributed by atoms with Crippen molar-refractivity contribution in [3.8, 4) is 0 Å². The molecule has 0 fully saturated rings. The van der Waals surface area contributed by atoms with Gasteiger partial charge < -0.3 is 9.88 Å². The molecule has 0 saturated heterocycles. The topological polar surface area (TPSA) is 54.3 Å². The Balaban J connectivity index is 2.99. The Labute approximate surface area is 129 Å². The molecule has 0 saturated carbocycles. The van der Waals surface area contributed by atoms with Crippen molar-refractivity contribution < 1.29 is 8.42 Å². The van der Waals surface area contributed by atoms with Crippen LogP contribution in [0.4, 0.5) is 0 Å². The second kappa shape index (κ2) is 7.96. The van der Waals surface area contributed by atoms with Gasteiger partial charge in [0.2, 0.25) is 10.0 Å². The van der Waals surface area contributed by atoms with E-state index < -0.39 is 10.0 Å². The average Bonchev–Trinajstić information content (AvgIpc) is 2.88. The van der Waals surface area contributed by atoms with Crippen LogP contribution in [0.5, 0.6) is 0 Å². The predicted molar refractivity (Wildman–Crippen MR) is 86.8 cm³/mol. The first-order valence-electron chi connectivity index (χ1n) is 7.72. The van der Waals surface area contributed by atoms with Gasteiger partial charge in [-0.3, -0.25) is 0 Å². The van der Waals surface area contributed by atoms with Crippen LogP contribution < -0.4 is 5.32 Å². The highest BCUT2D eigenvalue weighted by atomic mass is 32.2. The molecule has 0 aromatic carbocycles. The van der Waals surface area contributed by atoms with Crippen LogP contribution >= 0.6 is 0 Å². The fourth-order valence-electron chi connectivity index (χ4n) is 2.21. The summed E-state index contributed by atoms with van der Waals surface area (Å²) in [6.07, 6.45) is 2.72. The summed E-state index contributed by atoms with van der Waals surface area (Å²) in [4.78, 5) is 0.392. The van der Waals surface area contributed by atoms with Gasteiger partial charge in [0, 0.05) is 38.6 Å². The maximum absolute atomic E-state index is 12.6. The van der Waals surface area contributed by atoms with Crippen molar-refractivity contribution in [2.45, 2.75) is 52.1 Å². The number of aryl methyl sites for hydroxylation is 1. The smallest absolute Gasteiger partial charge is 0.244 e. The average molecular weight is 315 g/mol. The van der Waals surface area contributed by atoms with Gasteiger partial charge in [-0.1, -0.05) is 27.2 Å². The quantitative estimate of drug-likeness (QED) is 0.760. The number of hydrogen-bond donors (Lipinski definition) is 1. The molecule has 1 unspecified atom stereocenters. The lowest BCUT2D eigenvalue weighted by molar-refractivity contribution is 0.393. The zero-order chi connectivity index (χ0) is 16.0. The van der Waals surface area contributed by atoms with Crippen molar-refractivity contribution in [1.29, 1.82) is 0 Å². The predicted octanol–water partition coefficient (Wildman–Crippen LogP) is 2.28. The molecule has 0 bridgehead atoms. The zero-order valence-corrected chi connectivity index (χ0v) is 14.7. The van der Waals surface area contributed by atoms with Gasteiger partial charge >= 0.3 is 0 Å².